The lowest BCUT2D eigenvalue weighted by molar-refractivity contribution is -0.141. The van der Waals surface area contributed by atoms with E-state index < -0.39 is 28.0 Å². The highest BCUT2D eigenvalue weighted by Crippen LogP contribution is 2.25. The van der Waals surface area contributed by atoms with E-state index >= 15 is 0 Å². The van der Waals surface area contributed by atoms with Crippen molar-refractivity contribution in [2.24, 2.45) is 0 Å². The van der Waals surface area contributed by atoms with E-state index in [2.05, 4.69) is 4.72 Å². The highest BCUT2D eigenvalue weighted by Gasteiger charge is 2.28. The lowest BCUT2D eigenvalue weighted by Gasteiger charge is -2.32. The topological polar surface area (TPSA) is 122 Å². The summed E-state index contributed by atoms with van der Waals surface area (Å²) in [6, 6.07) is 4.12. The normalized spacial score (nSPS) is 18.0. The second-order valence-electron chi connectivity index (χ2n) is 5.42. The Labute approximate surface area is 145 Å². The summed E-state index contributed by atoms with van der Waals surface area (Å²) < 4.78 is 36.8. The smallest absolute Gasteiger partial charge is 0.306 e. The number of ether oxygens (including phenoxy) is 2. The molecule has 1 fully saturated rings. The van der Waals surface area contributed by atoms with E-state index in [0.29, 0.717) is 6.54 Å². The van der Waals surface area contributed by atoms with E-state index in [0.717, 1.165) is 0 Å². The maximum Gasteiger partial charge on any atom is 0.306 e. The minimum absolute atomic E-state index is 0.122. The molecule has 1 amide bonds. The predicted octanol–water partition coefficient (Wildman–Crippen LogP) is -0.0810. The van der Waals surface area contributed by atoms with Gasteiger partial charge in [-0.15, -0.1) is 0 Å². The van der Waals surface area contributed by atoms with Crippen molar-refractivity contribution in [3.8, 4) is 5.75 Å². The first kappa shape index (κ1) is 19.2. The number of methoxy groups -OCH3 is 1. The molecule has 1 saturated heterocycles. The summed E-state index contributed by atoms with van der Waals surface area (Å²) in [7, 11) is -1.20. The molecular weight excluding hydrogens is 352 g/mol. The van der Waals surface area contributed by atoms with Gasteiger partial charge < -0.3 is 19.5 Å². The molecule has 1 aliphatic heterocycles. The molecule has 0 bridgehead atoms. The predicted molar refractivity (Wildman–Crippen MR) is 87.1 cm³/mol. The maximum absolute atomic E-state index is 12.7. The number of carbonyl (C=O) groups is 2. The molecule has 25 heavy (non-hydrogen) atoms. The summed E-state index contributed by atoms with van der Waals surface area (Å²) in [5.74, 6) is -1.28. The molecule has 0 spiro atoms. The lowest BCUT2D eigenvalue weighted by atomic mass is 10.1. The van der Waals surface area contributed by atoms with E-state index in [1.165, 1.54) is 37.3 Å². The van der Waals surface area contributed by atoms with Crippen molar-refractivity contribution in [1.82, 2.24) is 9.62 Å². The first-order valence-electron chi connectivity index (χ1n) is 7.52. The summed E-state index contributed by atoms with van der Waals surface area (Å²) in [6.45, 7) is 0.655. The van der Waals surface area contributed by atoms with Crippen LogP contribution in [-0.4, -0.2) is 70.3 Å². The molecule has 1 unspecified atom stereocenters. The minimum atomic E-state index is -3.80. The molecular formula is C15H20N2O7S. The molecule has 1 aliphatic rings. The Bertz CT molecular complexity index is 763. The summed E-state index contributed by atoms with van der Waals surface area (Å²) in [4.78, 5) is 24.8. The Morgan fingerprint density at radius 1 is 1.44 bits per heavy atom. The van der Waals surface area contributed by atoms with Gasteiger partial charge in [0.25, 0.3) is 5.91 Å². The van der Waals surface area contributed by atoms with Crippen LogP contribution >= 0.6 is 0 Å². The van der Waals surface area contributed by atoms with Gasteiger partial charge in [0.05, 0.1) is 26.2 Å². The average Bonchev–Trinajstić information content (AvgIpc) is 2.60. The fourth-order valence-electron chi connectivity index (χ4n) is 2.53. The molecule has 2 N–H and O–H groups in total. The molecule has 1 heterocycles. The van der Waals surface area contributed by atoms with Crippen LogP contribution in [-0.2, 0) is 19.6 Å². The molecule has 1 aromatic rings. The van der Waals surface area contributed by atoms with Crippen LogP contribution in [0.15, 0.2) is 23.1 Å². The number of nitrogens with one attached hydrogen (secondary N) is 1. The molecule has 10 heteroatoms. The Kier molecular flexibility index (Phi) is 5.98. The van der Waals surface area contributed by atoms with Crippen molar-refractivity contribution in [2.45, 2.75) is 17.4 Å². The second kappa shape index (κ2) is 7.81. The fraction of sp³-hybridized carbons (Fsp3) is 0.467. The van der Waals surface area contributed by atoms with Gasteiger partial charge in [-0.2, -0.15) is 0 Å². The maximum atomic E-state index is 12.7. The van der Waals surface area contributed by atoms with Crippen LogP contribution in [0, 0.1) is 0 Å². The Morgan fingerprint density at radius 3 is 2.76 bits per heavy atom. The molecule has 1 atom stereocenters. The van der Waals surface area contributed by atoms with Gasteiger partial charge >= 0.3 is 5.97 Å². The second-order valence-corrected chi connectivity index (χ2v) is 7.27. The summed E-state index contributed by atoms with van der Waals surface area (Å²) >= 11 is 0. The van der Waals surface area contributed by atoms with Gasteiger partial charge in [0, 0.05) is 18.7 Å². The van der Waals surface area contributed by atoms with Crippen molar-refractivity contribution in [3.63, 3.8) is 0 Å². The van der Waals surface area contributed by atoms with Crippen LogP contribution in [0.25, 0.3) is 0 Å². The van der Waals surface area contributed by atoms with Crippen LogP contribution in [0.1, 0.15) is 16.8 Å². The molecule has 2 rings (SSSR count). The molecule has 0 radical (unpaired) electrons. The van der Waals surface area contributed by atoms with E-state index in [4.69, 9.17) is 14.6 Å². The molecule has 9 nitrogen and oxygen atoms in total. The number of sulfonamides is 1. The molecule has 1 aromatic carbocycles. The largest absolute Gasteiger partial charge is 0.495 e. The van der Waals surface area contributed by atoms with E-state index in [-0.39, 0.29) is 35.8 Å². The molecule has 0 saturated carbocycles. The van der Waals surface area contributed by atoms with Gasteiger partial charge in [-0.05, 0) is 25.2 Å². The van der Waals surface area contributed by atoms with Crippen molar-refractivity contribution < 1.29 is 32.6 Å². The minimum Gasteiger partial charge on any atom is -0.495 e. The van der Waals surface area contributed by atoms with Crippen LogP contribution in [0.2, 0.25) is 0 Å². The van der Waals surface area contributed by atoms with Gasteiger partial charge in [0.2, 0.25) is 10.0 Å². The van der Waals surface area contributed by atoms with Crippen LogP contribution in [0.5, 0.6) is 5.75 Å². The quantitative estimate of drug-likeness (QED) is 0.716. The van der Waals surface area contributed by atoms with E-state index in [9.17, 15) is 18.0 Å². The average molecular weight is 372 g/mol. The third kappa shape index (κ3) is 4.47. The number of hydrogen-bond acceptors (Lipinski definition) is 6. The van der Waals surface area contributed by atoms with Crippen molar-refractivity contribution in [1.29, 1.82) is 0 Å². The number of morpholine rings is 1. The first-order chi connectivity index (χ1) is 11.8. The van der Waals surface area contributed by atoms with Crippen molar-refractivity contribution in [3.05, 3.63) is 23.8 Å². The number of rotatable bonds is 6. The summed E-state index contributed by atoms with van der Waals surface area (Å²) in [5.41, 5.74) is 0.172. The van der Waals surface area contributed by atoms with Gasteiger partial charge in [0.1, 0.15) is 10.6 Å². The van der Waals surface area contributed by atoms with Crippen LogP contribution in [0.4, 0.5) is 0 Å². The number of carboxylic acids is 1. The monoisotopic (exact) mass is 372 g/mol. The van der Waals surface area contributed by atoms with E-state index in [1.54, 1.807) is 0 Å². The number of nitrogens with zero attached hydrogens (tertiary/aromatic N) is 1. The SMILES string of the molecule is CNS(=O)(=O)c1cc(C(=O)N2CCOC(CC(=O)O)C2)ccc1OC. The summed E-state index contributed by atoms with van der Waals surface area (Å²) in [6.07, 6.45) is -0.792. The zero-order valence-electron chi connectivity index (χ0n) is 13.9. The highest BCUT2D eigenvalue weighted by atomic mass is 32.2. The van der Waals surface area contributed by atoms with Gasteiger partial charge in [0.15, 0.2) is 0 Å². The molecule has 0 aromatic heterocycles. The van der Waals surface area contributed by atoms with Crippen LogP contribution < -0.4 is 9.46 Å². The Balaban J connectivity index is 2.27. The number of carbonyl (C=O) groups excluding carboxylic acids is 1. The number of aliphatic carboxylic acids is 1. The number of amides is 1. The molecule has 0 aliphatic carbocycles. The van der Waals surface area contributed by atoms with Gasteiger partial charge in [-0.3, -0.25) is 9.59 Å². The van der Waals surface area contributed by atoms with Gasteiger partial charge in [-0.1, -0.05) is 0 Å². The standard InChI is InChI=1S/C15H20N2O7S/c1-16-25(21,22)13-7-10(3-4-12(13)23-2)15(20)17-5-6-24-11(9-17)8-14(18)19/h3-4,7,11,16H,5-6,8-9H2,1-2H3,(H,18,19). The molecule has 138 valence electrons. The number of hydrogen-bond donors (Lipinski definition) is 2. The Morgan fingerprint density at radius 2 is 2.16 bits per heavy atom. The Hall–Kier alpha value is -2.17. The van der Waals surface area contributed by atoms with Gasteiger partial charge in [-0.25, -0.2) is 13.1 Å². The fourth-order valence-corrected chi connectivity index (χ4v) is 3.45. The first-order valence-corrected chi connectivity index (χ1v) is 9.01. The highest BCUT2D eigenvalue weighted by molar-refractivity contribution is 7.89. The third-order valence-electron chi connectivity index (χ3n) is 3.80. The van der Waals surface area contributed by atoms with Crippen LogP contribution in [0.3, 0.4) is 0 Å². The number of benzene rings is 1. The number of carboxylic acid groups (broad SMARTS) is 1. The van der Waals surface area contributed by atoms with Crippen molar-refractivity contribution in [2.75, 3.05) is 33.9 Å². The third-order valence-corrected chi connectivity index (χ3v) is 5.23. The lowest BCUT2D eigenvalue weighted by Crippen LogP contribution is -2.46. The zero-order valence-corrected chi connectivity index (χ0v) is 14.7. The van der Waals surface area contributed by atoms with E-state index in [1.807, 2.05) is 0 Å². The zero-order chi connectivity index (χ0) is 18.6. The van der Waals surface area contributed by atoms with Crippen molar-refractivity contribution >= 4 is 21.9 Å². The summed E-state index contributed by atoms with van der Waals surface area (Å²) in [5, 5.41) is 8.85.